The van der Waals surface area contributed by atoms with Crippen molar-refractivity contribution >= 4 is 0 Å². The first-order valence-electron chi connectivity index (χ1n) is 5.30. The molecule has 1 heterocycles. The number of hydrogen-bond donors (Lipinski definition) is 2. The second-order valence-electron chi connectivity index (χ2n) is 3.58. The van der Waals surface area contributed by atoms with E-state index in [1.165, 1.54) is 0 Å². The Morgan fingerprint density at radius 2 is 2.47 bits per heavy atom. The molecular weight excluding hydrogens is 192 g/mol. The van der Waals surface area contributed by atoms with E-state index in [4.69, 9.17) is 14.9 Å². The van der Waals surface area contributed by atoms with E-state index in [-0.39, 0.29) is 6.04 Å². The third-order valence-corrected chi connectivity index (χ3v) is 2.23. The Morgan fingerprint density at radius 3 is 3.13 bits per heavy atom. The summed E-state index contributed by atoms with van der Waals surface area (Å²) in [4.78, 5) is 0. The molecule has 0 spiro atoms. The molecule has 4 heteroatoms. The number of furan rings is 1. The molecule has 1 unspecified atom stereocenters. The van der Waals surface area contributed by atoms with Crippen LogP contribution in [0.4, 0.5) is 0 Å². The fraction of sp³-hybridized carbons (Fsp3) is 0.636. The Labute approximate surface area is 90.8 Å². The lowest BCUT2D eigenvalue weighted by Gasteiger charge is -2.11. The fourth-order valence-corrected chi connectivity index (χ4v) is 1.33. The molecule has 0 bridgehead atoms. The zero-order valence-electron chi connectivity index (χ0n) is 9.24. The lowest BCUT2D eigenvalue weighted by atomic mass is 10.2. The molecule has 86 valence electrons. The number of ether oxygens (including phenoxy) is 1. The molecule has 0 amide bonds. The Morgan fingerprint density at radius 1 is 1.60 bits per heavy atom. The van der Waals surface area contributed by atoms with Crippen LogP contribution >= 0.6 is 0 Å². The summed E-state index contributed by atoms with van der Waals surface area (Å²) >= 11 is 0. The van der Waals surface area contributed by atoms with E-state index in [9.17, 15) is 0 Å². The maximum Gasteiger partial charge on any atom is 0.105 e. The van der Waals surface area contributed by atoms with Crippen molar-refractivity contribution in [3.8, 4) is 0 Å². The SMILES string of the molecule is COCCC(N)CNCCc1ccco1. The summed E-state index contributed by atoms with van der Waals surface area (Å²) in [5.41, 5.74) is 5.85. The molecule has 0 fully saturated rings. The lowest BCUT2D eigenvalue weighted by Crippen LogP contribution is -2.35. The Balaban J connectivity index is 1.97. The first-order chi connectivity index (χ1) is 7.33. The topological polar surface area (TPSA) is 60.4 Å². The van der Waals surface area contributed by atoms with Crippen molar-refractivity contribution in [1.82, 2.24) is 5.32 Å². The molecule has 0 saturated heterocycles. The van der Waals surface area contributed by atoms with Crippen molar-refractivity contribution in [2.75, 3.05) is 26.8 Å². The number of methoxy groups -OCH3 is 1. The van der Waals surface area contributed by atoms with Crippen LogP contribution in [-0.4, -0.2) is 32.8 Å². The molecule has 0 aliphatic rings. The van der Waals surface area contributed by atoms with E-state index < -0.39 is 0 Å². The number of rotatable bonds is 8. The molecule has 1 atom stereocenters. The van der Waals surface area contributed by atoms with Gasteiger partial charge in [-0.2, -0.15) is 0 Å². The molecule has 1 aromatic heterocycles. The second-order valence-corrected chi connectivity index (χ2v) is 3.58. The first kappa shape index (κ1) is 12.2. The molecule has 3 N–H and O–H groups in total. The minimum Gasteiger partial charge on any atom is -0.469 e. The first-order valence-corrected chi connectivity index (χ1v) is 5.30. The molecule has 0 aliphatic heterocycles. The second kappa shape index (κ2) is 7.45. The Bertz CT molecular complexity index is 237. The Hall–Kier alpha value is -0.840. The van der Waals surface area contributed by atoms with Crippen LogP contribution in [0.1, 0.15) is 12.2 Å². The summed E-state index contributed by atoms with van der Waals surface area (Å²) < 4.78 is 10.2. The van der Waals surface area contributed by atoms with Crippen LogP contribution in [0, 0.1) is 0 Å². The molecule has 0 aromatic carbocycles. The maximum absolute atomic E-state index is 5.85. The predicted octanol–water partition coefficient (Wildman–Crippen LogP) is 0.776. The van der Waals surface area contributed by atoms with E-state index in [1.54, 1.807) is 13.4 Å². The van der Waals surface area contributed by atoms with E-state index in [2.05, 4.69) is 5.32 Å². The van der Waals surface area contributed by atoms with Crippen molar-refractivity contribution in [2.24, 2.45) is 5.73 Å². The summed E-state index contributed by atoms with van der Waals surface area (Å²) in [5, 5.41) is 3.29. The molecule has 0 saturated carbocycles. The molecule has 0 aliphatic carbocycles. The number of hydrogen-bond acceptors (Lipinski definition) is 4. The maximum atomic E-state index is 5.85. The summed E-state index contributed by atoms with van der Waals surface area (Å²) in [5.74, 6) is 1.01. The monoisotopic (exact) mass is 212 g/mol. The van der Waals surface area contributed by atoms with E-state index in [0.717, 1.165) is 38.3 Å². The Kier molecular flexibility index (Phi) is 6.08. The molecule has 1 aromatic rings. The summed E-state index contributed by atoms with van der Waals surface area (Å²) in [7, 11) is 1.69. The number of nitrogens with one attached hydrogen (secondary N) is 1. The molecular formula is C11H20N2O2. The zero-order chi connectivity index (χ0) is 10.9. The highest BCUT2D eigenvalue weighted by molar-refractivity contribution is 4.98. The van der Waals surface area contributed by atoms with Crippen LogP contribution in [0.5, 0.6) is 0 Å². The quantitative estimate of drug-likeness (QED) is 0.625. The van der Waals surface area contributed by atoms with Crippen molar-refractivity contribution < 1.29 is 9.15 Å². The van der Waals surface area contributed by atoms with Gasteiger partial charge in [0.1, 0.15) is 5.76 Å². The third kappa shape index (κ3) is 5.57. The standard InChI is InChI=1S/C11H20N2O2/c1-14-8-5-10(12)9-13-6-4-11-3-2-7-15-11/h2-3,7,10,13H,4-6,8-9,12H2,1H3. The third-order valence-electron chi connectivity index (χ3n) is 2.23. The van der Waals surface area contributed by atoms with Gasteiger partial charge in [0.05, 0.1) is 6.26 Å². The van der Waals surface area contributed by atoms with Crippen molar-refractivity contribution in [1.29, 1.82) is 0 Å². The van der Waals surface area contributed by atoms with Crippen LogP contribution < -0.4 is 11.1 Å². The largest absolute Gasteiger partial charge is 0.469 e. The minimum atomic E-state index is 0.168. The van der Waals surface area contributed by atoms with Gasteiger partial charge in [-0.25, -0.2) is 0 Å². The van der Waals surface area contributed by atoms with Gasteiger partial charge in [-0.05, 0) is 18.6 Å². The van der Waals surface area contributed by atoms with E-state index in [1.807, 2.05) is 12.1 Å². The summed E-state index contributed by atoms with van der Waals surface area (Å²) in [6.45, 7) is 2.44. The molecule has 1 rings (SSSR count). The van der Waals surface area contributed by atoms with Gasteiger partial charge >= 0.3 is 0 Å². The van der Waals surface area contributed by atoms with Gasteiger partial charge in [0.25, 0.3) is 0 Å². The number of nitrogens with two attached hydrogens (primary N) is 1. The normalized spacial score (nSPS) is 12.9. The smallest absolute Gasteiger partial charge is 0.105 e. The van der Waals surface area contributed by atoms with Crippen molar-refractivity contribution in [3.05, 3.63) is 24.2 Å². The average molecular weight is 212 g/mol. The van der Waals surface area contributed by atoms with Gasteiger partial charge in [0, 0.05) is 39.3 Å². The van der Waals surface area contributed by atoms with Crippen LogP contribution in [0.25, 0.3) is 0 Å². The highest BCUT2D eigenvalue weighted by Crippen LogP contribution is 1.99. The summed E-state index contributed by atoms with van der Waals surface area (Å²) in [6.07, 6.45) is 3.49. The van der Waals surface area contributed by atoms with Crippen LogP contribution in [0.3, 0.4) is 0 Å². The van der Waals surface area contributed by atoms with Crippen LogP contribution in [-0.2, 0) is 11.2 Å². The molecule has 0 radical (unpaired) electrons. The van der Waals surface area contributed by atoms with E-state index >= 15 is 0 Å². The van der Waals surface area contributed by atoms with Crippen molar-refractivity contribution in [2.45, 2.75) is 18.9 Å². The molecule has 15 heavy (non-hydrogen) atoms. The average Bonchev–Trinajstić information content (AvgIpc) is 2.74. The van der Waals surface area contributed by atoms with Gasteiger partial charge in [-0.15, -0.1) is 0 Å². The summed E-state index contributed by atoms with van der Waals surface area (Å²) in [6, 6.07) is 4.05. The van der Waals surface area contributed by atoms with Gasteiger partial charge in [0.15, 0.2) is 0 Å². The van der Waals surface area contributed by atoms with Gasteiger partial charge in [0.2, 0.25) is 0 Å². The van der Waals surface area contributed by atoms with E-state index in [0.29, 0.717) is 0 Å². The van der Waals surface area contributed by atoms with Crippen LogP contribution in [0.2, 0.25) is 0 Å². The highest BCUT2D eigenvalue weighted by atomic mass is 16.5. The van der Waals surface area contributed by atoms with Gasteiger partial charge in [-0.3, -0.25) is 0 Å². The predicted molar refractivity (Wildman–Crippen MR) is 59.8 cm³/mol. The zero-order valence-corrected chi connectivity index (χ0v) is 9.24. The fourth-order valence-electron chi connectivity index (χ4n) is 1.33. The van der Waals surface area contributed by atoms with Crippen LogP contribution in [0.15, 0.2) is 22.8 Å². The lowest BCUT2D eigenvalue weighted by molar-refractivity contribution is 0.187. The van der Waals surface area contributed by atoms with Crippen molar-refractivity contribution in [3.63, 3.8) is 0 Å². The highest BCUT2D eigenvalue weighted by Gasteiger charge is 2.01. The van der Waals surface area contributed by atoms with Gasteiger partial charge in [-0.1, -0.05) is 0 Å². The molecule has 4 nitrogen and oxygen atoms in total. The minimum absolute atomic E-state index is 0.168. The van der Waals surface area contributed by atoms with Gasteiger partial charge < -0.3 is 20.2 Å².